The van der Waals surface area contributed by atoms with Gasteiger partial charge in [0.25, 0.3) is 0 Å². The Bertz CT molecular complexity index is 1060. The van der Waals surface area contributed by atoms with E-state index in [4.69, 9.17) is 20.7 Å². The summed E-state index contributed by atoms with van der Waals surface area (Å²) >= 11 is 0. The lowest BCUT2D eigenvalue weighted by atomic mass is 9.94. The van der Waals surface area contributed by atoms with E-state index in [1.807, 2.05) is 26.8 Å². The normalized spacial score (nSPS) is 15.1. The quantitative estimate of drug-likeness (QED) is 0.508. The van der Waals surface area contributed by atoms with Gasteiger partial charge in [0.1, 0.15) is 5.76 Å². The van der Waals surface area contributed by atoms with Gasteiger partial charge in [0, 0.05) is 34.2 Å². The van der Waals surface area contributed by atoms with Crippen LogP contribution in [0.5, 0.6) is 0 Å². The van der Waals surface area contributed by atoms with Crippen LogP contribution in [0.2, 0.25) is 0 Å². The molecule has 0 unspecified atom stereocenters. The molecule has 140 valence electrons. The molecule has 0 bridgehead atoms. The molecule has 1 aromatic carbocycles. The molecule has 1 aliphatic rings. The first-order chi connectivity index (χ1) is 12.8. The van der Waals surface area contributed by atoms with Crippen molar-refractivity contribution in [3.8, 4) is 11.1 Å². The number of nitrogens with zero attached hydrogens (tertiary/aromatic N) is 2. The maximum Gasteiger partial charge on any atom is 0.201 e. The number of rotatable bonds is 5. The maximum atomic E-state index is 8.23. The Hall–Kier alpha value is -3.09. The smallest absolute Gasteiger partial charge is 0.201 e. The number of anilines is 1. The lowest BCUT2D eigenvalue weighted by Crippen LogP contribution is -2.06. The summed E-state index contributed by atoms with van der Waals surface area (Å²) in [6.07, 6.45) is 2.34. The summed E-state index contributed by atoms with van der Waals surface area (Å²) in [7, 11) is 0. The molecule has 5 N–H and O–H groups in total. The summed E-state index contributed by atoms with van der Waals surface area (Å²) in [5, 5.41) is 15.7. The Morgan fingerprint density at radius 3 is 2.59 bits per heavy atom. The zero-order valence-electron chi connectivity index (χ0n) is 16.0. The van der Waals surface area contributed by atoms with Gasteiger partial charge in [-0.1, -0.05) is 5.16 Å². The predicted molar refractivity (Wildman–Crippen MR) is 108 cm³/mol. The van der Waals surface area contributed by atoms with E-state index in [-0.39, 0.29) is 0 Å². The van der Waals surface area contributed by atoms with Crippen molar-refractivity contribution in [1.29, 1.82) is 5.41 Å². The average molecular weight is 364 g/mol. The fourth-order valence-corrected chi connectivity index (χ4v) is 3.55. The monoisotopic (exact) mass is 364 g/mol. The van der Waals surface area contributed by atoms with Crippen molar-refractivity contribution in [2.75, 3.05) is 5.32 Å². The molecule has 7 heteroatoms. The summed E-state index contributed by atoms with van der Waals surface area (Å²) in [6, 6.07) is 4.58. The van der Waals surface area contributed by atoms with E-state index < -0.39 is 0 Å². The van der Waals surface area contributed by atoms with E-state index in [9.17, 15) is 0 Å². The first-order valence-electron chi connectivity index (χ1n) is 9.11. The van der Waals surface area contributed by atoms with Gasteiger partial charge in [0.05, 0.1) is 16.7 Å². The van der Waals surface area contributed by atoms with Crippen molar-refractivity contribution in [3.63, 3.8) is 0 Å². The number of hydrogen-bond donors (Lipinski definition) is 4. The number of imidazole rings is 1. The van der Waals surface area contributed by atoms with Gasteiger partial charge in [-0.15, -0.1) is 0 Å². The molecule has 27 heavy (non-hydrogen) atoms. The van der Waals surface area contributed by atoms with Gasteiger partial charge in [-0.2, -0.15) is 0 Å². The topological polar surface area (TPSA) is 117 Å². The van der Waals surface area contributed by atoms with Gasteiger partial charge < -0.3 is 26.0 Å². The number of H-pyrrole nitrogens is 1. The van der Waals surface area contributed by atoms with E-state index in [1.165, 1.54) is 12.8 Å². The molecule has 0 radical (unpaired) electrons. The largest absolute Gasteiger partial charge is 0.402 e. The Morgan fingerprint density at radius 1 is 1.30 bits per heavy atom. The average Bonchev–Trinajstić information content (AvgIpc) is 3.19. The Kier molecular flexibility index (Phi) is 4.02. The van der Waals surface area contributed by atoms with Crippen LogP contribution in [0.1, 0.15) is 43.7 Å². The highest BCUT2D eigenvalue weighted by Gasteiger charge is 2.24. The van der Waals surface area contributed by atoms with Crippen molar-refractivity contribution in [3.05, 3.63) is 34.8 Å². The van der Waals surface area contributed by atoms with Crippen molar-refractivity contribution in [2.45, 2.75) is 46.6 Å². The van der Waals surface area contributed by atoms with E-state index in [0.29, 0.717) is 23.0 Å². The van der Waals surface area contributed by atoms with E-state index in [0.717, 1.165) is 45.1 Å². The van der Waals surface area contributed by atoms with Crippen LogP contribution in [-0.4, -0.2) is 26.9 Å². The van der Waals surface area contributed by atoms with Gasteiger partial charge in [0.15, 0.2) is 0 Å². The molecule has 0 saturated heterocycles. The standard InChI is InChI=1S/C20H24N6O/c1-9(21)17(10(2)22)15-7-13(18-11(3)26-27-12(18)4)8-16-19(15)25-20(24-16)23-14-5-6-14/h7-8,14,21H,5-6,22H2,1-4H3,(H2,23,24,25)/b17-10+,21-9?. The number of hydrogen-bond acceptors (Lipinski definition) is 6. The predicted octanol–water partition coefficient (Wildman–Crippen LogP) is 4.14. The van der Waals surface area contributed by atoms with Crippen molar-refractivity contribution >= 4 is 28.3 Å². The highest BCUT2D eigenvalue weighted by atomic mass is 16.5. The number of aryl methyl sites for hydroxylation is 2. The molecular weight excluding hydrogens is 340 g/mol. The van der Waals surface area contributed by atoms with Crippen LogP contribution in [0.15, 0.2) is 22.4 Å². The maximum absolute atomic E-state index is 8.23. The van der Waals surface area contributed by atoms with Crippen LogP contribution in [0.25, 0.3) is 27.7 Å². The Morgan fingerprint density at radius 2 is 2.04 bits per heavy atom. The zero-order chi connectivity index (χ0) is 19.3. The lowest BCUT2D eigenvalue weighted by molar-refractivity contribution is 0.393. The first kappa shape index (κ1) is 17.3. The van der Waals surface area contributed by atoms with Crippen LogP contribution in [-0.2, 0) is 0 Å². The van der Waals surface area contributed by atoms with E-state index >= 15 is 0 Å². The number of aromatic nitrogens is 3. The lowest BCUT2D eigenvalue weighted by Gasteiger charge is -2.12. The third kappa shape index (κ3) is 3.09. The fourth-order valence-electron chi connectivity index (χ4n) is 3.55. The Labute approximate surface area is 157 Å². The molecule has 3 aromatic rings. The summed E-state index contributed by atoms with van der Waals surface area (Å²) < 4.78 is 5.36. The van der Waals surface area contributed by atoms with Crippen LogP contribution in [0.4, 0.5) is 5.95 Å². The summed E-state index contributed by atoms with van der Waals surface area (Å²) in [6.45, 7) is 7.39. The minimum absolute atomic E-state index is 0.409. The van der Waals surface area contributed by atoms with Gasteiger partial charge in [-0.05, 0) is 58.2 Å². The zero-order valence-corrected chi connectivity index (χ0v) is 16.0. The van der Waals surface area contributed by atoms with Gasteiger partial charge >= 0.3 is 0 Å². The molecule has 0 spiro atoms. The molecule has 1 saturated carbocycles. The molecular formula is C20H24N6O. The van der Waals surface area contributed by atoms with Crippen LogP contribution in [0, 0.1) is 19.3 Å². The SMILES string of the molecule is CC(=N)/C(=C(/C)N)c1cc(-c2c(C)noc2C)cc2[nH]c(NC3CC3)nc12. The van der Waals surface area contributed by atoms with E-state index in [1.54, 1.807) is 6.92 Å². The molecule has 4 rings (SSSR count). The third-order valence-corrected chi connectivity index (χ3v) is 4.87. The molecule has 7 nitrogen and oxygen atoms in total. The number of nitrogens with two attached hydrogens (primary N) is 1. The summed E-state index contributed by atoms with van der Waals surface area (Å²) in [5.74, 6) is 1.51. The first-order valence-corrected chi connectivity index (χ1v) is 9.11. The molecule has 0 atom stereocenters. The van der Waals surface area contributed by atoms with Gasteiger partial charge in [-0.3, -0.25) is 0 Å². The van der Waals surface area contributed by atoms with Crippen LogP contribution < -0.4 is 11.1 Å². The molecule has 0 amide bonds. The minimum atomic E-state index is 0.409. The molecule has 2 aromatic heterocycles. The highest BCUT2D eigenvalue weighted by Crippen LogP contribution is 2.35. The highest BCUT2D eigenvalue weighted by molar-refractivity contribution is 6.24. The van der Waals surface area contributed by atoms with Crippen molar-refractivity contribution < 1.29 is 4.52 Å². The molecule has 2 heterocycles. The van der Waals surface area contributed by atoms with Gasteiger partial charge in [-0.25, -0.2) is 4.98 Å². The second-order valence-corrected chi connectivity index (χ2v) is 7.31. The molecule has 0 aliphatic heterocycles. The van der Waals surface area contributed by atoms with Crippen LogP contribution >= 0.6 is 0 Å². The number of benzene rings is 1. The number of fused-ring (bicyclic) bond motifs is 1. The third-order valence-electron chi connectivity index (χ3n) is 4.87. The minimum Gasteiger partial charge on any atom is -0.402 e. The van der Waals surface area contributed by atoms with Crippen LogP contribution in [0.3, 0.4) is 0 Å². The number of allylic oxidation sites excluding steroid dienone is 2. The van der Waals surface area contributed by atoms with Gasteiger partial charge in [0.2, 0.25) is 5.95 Å². The summed E-state index contributed by atoms with van der Waals surface area (Å²) in [5.41, 5.74) is 13.2. The van der Waals surface area contributed by atoms with Crippen molar-refractivity contribution in [2.24, 2.45) is 5.73 Å². The number of nitrogens with one attached hydrogen (secondary N) is 3. The second kappa shape index (κ2) is 6.26. The Balaban J connectivity index is 1.98. The second-order valence-electron chi connectivity index (χ2n) is 7.31. The van der Waals surface area contributed by atoms with E-state index in [2.05, 4.69) is 21.5 Å². The molecule has 1 aliphatic carbocycles. The van der Waals surface area contributed by atoms with Crippen molar-refractivity contribution in [1.82, 2.24) is 15.1 Å². The number of aromatic amines is 1. The summed E-state index contributed by atoms with van der Waals surface area (Å²) in [4.78, 5) is 8.13. The molecule has 1 fully saturated rings. The fraction of sp³-hybridized carbons (Fsp3) is 0.350.